The van der Waals surface area contributed by atoms with Crippen LogP contribution in [0.5, 0.6) is 0 Å². The Morgan fingerprint density at radius 3 is 0.538 bits per heavy atom. The second-order valence-electron chi connectivity index (χ2n) is 1.15. The molecule has 0 rings (SSSR count). The second-order valence-corrected chi connectivity index (χ2v) is 1.15. The predicted octanol–water partition coefficient (Wildman–Crippen LogP) is -2.54. The van der Waals surface area contributed by atoms with E-state index in [-0.39, 0.29) is 45.9 Å². The van der Waals surface area contributed by atoms with Crippen LogP contribution in [0.25, 0.3) is 0 Å². The van der Waals surface area contributed by atoms with E-state index in [0.29, 0.717) is 0 Å². The predicted molar refractivity (Wildman–Crippen MR) is 42.2 cm³/mol. The van der Waals surface area contributed by atoms with Crippen molar-refractivity contribution in [2.24, 2.45) is 0 Å². The van der Waals surface area contributed by atoms with E-state index >= 15 is 0 Å². The molecule has 0 aliphatic carbocycles. The maximum Gasteiger partial charge on any atom is 0 e. The Labute approximate surface area is 94.4 Å². The topological polar surface area (TPSA) is 92.2 Å². The van der Waals surface area contributed by atoms with Crippen molar-refractivity contribution in [2.45, 2.75) is 27.7 Å². The van der Waals surface area contributed by atoms with E-state index in [1.54, 1.807) is 27.7 Å². The minimum Gasteiger partial charge on any atom is -0.855 e. The summed E-state index contributed by atoms with van der Waals surface area (Å²) in [6.07, 6.45) is 0. The molecule has 0 aromatic heterocycles. The average Bonchev–Trinajstić information content (AvgIpc) is 1.92. The van der Waals surface area contributed by atoms with Crippen LogP contribution in [0.1, 0.15) is 27.7 Å². The largest absolute Gasteiger partial charge is 0.855 e. The monoisotopic (exact) mass is 244 g/mol. The molecule has 4 nitrogen and oxygen atoms in total. The summed E-state index contributed by atoms with van der Waals surface area (Å²) in [5, 5.41) is 35.7. The Kier molecular flexibility index (Phi) is 185. The molecule has 5 heteroatoms. The van der Waals surface area contributed by atoms with Crippen LogP contribution >= 0.6 is 0 Å². The molecule has 0 radical (unpaired) electrons. The zero-order valence-electron chi connectivity index (χ0n) is 9.17. The first-order valence-electron chi connectivity index (χ1n) is 3.98. The summed E-state index contributed by atoms with van der Waals surface area (Å²) in [5.74, 6) is 0. The van der Waals surface area contributed by atoms with Crippen molar-refractivity contribution < 1.29 is 39.9 Å². The van der Waals surface area contributed by atoms with Crippen molar-refractivity contribution >= 4 is 0 Å². The Balaban J connectivity index is -0.0000000213. The van der Waals surface area contributed by atoms with E-state index in [2.05, 4.69) is 0 Å². The van der Waals surface area contributed by atoms with Crippen LogP contribution in [0.3, 0.4) is 0 Å². The zero-order valence-corrected chi connectivity index (χ0v) is 12.1. The van der Waals surface area contributed by atoms with Crippen molar-refractivity contribution in [3.63, 3.8) is 0 Å². The molecule has 0 unspecified atom stereocenters. The van der Waals surface area contributed by atoms with Gasteiger partial charge in [0.05, 0.1) is 0 Å². The Morgan fingerprint density at radius 2 is 0.538 bits per heavy atom. The first-order valence-corrected chi connectivity index (χ1v) is 3.98. The maximum atomic E-state index is 8.93. The zero-order chi connectivity index (χ0) is 10.8. The van der Waals surface area contributed by atoms with E-state index in [9.17, 15) is 0 Å². The van der Waals surface area contributed by atoms with Crippen molar-refractivity contribution in [3.05, 3.63) is 0 Å². The molecule has 0 bridgehead atoms. The van der Waals surface area contributed by atoms with Gasteiger partial charge in [0.1, 0.15) is 0 Å². The summed E-state index contributed by atoms with van der Waals surface area (Å²) in [4.78, 5) is 0. The minimum atomic E-state index is 0. The van der Waals surface area contributed by atoms with E-state index in [1.165, 1.54) is 0 Å². The summed E-state index contributed by atoms with van der Waals surface area (Å²) >= 11 is 0. The van der Waals surface area contributed by atoms with Gasteiger partial charge in [0.2, 0.25) is 0 Å². The summed E-state index contributed by atoms with van der Waals surface area (Å²) in [5.41, 5.74) is 0. The number of hydrogen-bond acceptors (Lipinski definition) is 4. The van der Waals surface area contributed by atoms with E-state index in [4.69, 9.17) is 20.4 Å². The average molecular weight is 246 g/mol. The molecule has 0 N–H and O–H groups in total. The van der Waals surface area contributed by atoms with Gasteiger partial charge in [-0.3, -0.25) is 0 Å². The fourth-order valence-electron chi connectivity index (χ4n) is 0. The SMILES string of the molecule is CC[O-].CC[O-].CC[O-].CC[O-].[Zn]. The first-order chi connectivity index (χ1) is 5.66. The molecule has 0 atom stereocenters. The minimum absolute atomic E-state index is 0. The van der Waals surface area contributed by atoms with Gasteiger partial charge in [0, 0.05) is 19.5 Å². The fraction of sp³-hybridized carbons (Fsp3) is 1.00. The molecule has 0 aliphatic heterocycles. The van der Waals surface area contributed by atoms with Gasteiger partial charge in [0.15, 0.2) is 0 Å². The number of hydrogen-bond donors (Lipinski definition) is 0. The van der Waals surface area contributed by atoms with Gasteiger partial charge in [0.25, 0.3) is 0 Å². The van der Waals surface area contributed by atoms with Gasteiger partial charge in [-0.15, -0.1) is 26.4 Å². The molecule has 0 aliphatic rings. The van der Waals surface area contributed by atoms with Crippen molar-refractivity contribution in [1.82, 2.24) is 0 Å². The van der Waals surface area contributed by atoms with Crippen LogP contribution in [-0.4, -0.2) is 26.4 Å². The van der Waals surface area contributed by atoms with E-state index < -0.39 is 0 Å². The second kappa shape index (κ2) is 82.2. The first kappa shape index (κ1) is 29.2. The van der Waals surface area contributed by atoms with Crippen LogP contribution in [0, 0.1) is 0 Å². The summed E-state index contributed by atoms with van der Waals surface area (Å²) in [7, 11) is 0. The number of rotatable bonds is 0. The van der Waals surface area contributed by atoms with Gasteiger partial charge in [-0.05, 0) is 0 Å². The Morgan fingerprint density at radius 1 is 0.538 bits per heavy atom. The van der Waals surface area contributed by atoms with Gasteiger partial charge in [-0.1, -0.05) is 27.7 Å². The fourth-order valence-corrected chi connectivity index (χ4v) is 0. The van der Waals surface area contributed by atoms with Crippen molar-refractivity contribution in [1.29, 1.82) is 0 Å². The Bertz CT molecular complexity index is 24.1. The van der Waals surface area contributed by atoms with Crippen LogP contribution in [0.15, 0.2) is 0 Å². The molecule has 82 valence electrons. The van der Waals surface area contributed by atoms with Crippen LogP contribution < -0.4 is 20.4 Å². The van der Waals surface area contributed by atoms with Crippen LogP contribution in [-0.2, 0) is 19.5 Å². The molecule has 0 fully saturated rings. The molecule has 0 aromatic carbocycles. The summed E-state index contributed by atoms with van der Waals surface area (Å²) in [6, 6.07) is 0. The Hall–Kier alpha value is 0.463. The maximum absolute atomic E-state index is 8.93. The van der Waals surface area contributed by atoms with E-state index in [1.807, 2.05) is 0 Å². The van der Waals surface area contributed by atoms with Crippen molar-refractivity contribution in [3.8, 4) is 0 Å². The van der Waals surface area contributed by atoms with Crippen molar-refractivity contribution in [2.75, 3.05) is 26.4 Å². The third-order valence-corrected chi connectivity index (χ3v) is 0. The molecule has 0 amide bonds. The van der Waals surface area contributed by atoms with Gasteiger partial charge in [-0.25, -0.2) is 0 Å². The summed E-state index contributed by atoms with van der Waals surface area (Å²) < 4.78 is 0. The third kappa shape index (κ3) is 6350. The van der Waals surface area contributed by atoms with Gasteiger partial charge >= 0.3 is 0 Å². The molecule has 0 saturated heterocycles. The smallest absolute Gasteiger partial charge is 0 e. The molecular weight excluding hydrogens is 225 g/mol. The molecule has 13 heavy (non-hydrogen) atoms. The molecular formula is C8H20O4Zn-4. The van der Waals surface area contributed by atoms with Crippen LogP contribution in [0.4, 0.5) is 0 Å². The quantitative estimate of drug-likeness (QED) is 0.440. The van der Waals surface area contributed by atoms with Gasteiger partial charge < -0.3 is 20.4 Å². The standard InChI is InChI=1S/4C2H5O.Zn/c4*1-2-3;/h4*2H2,1H3;/q4*-1;. The molecule has 0 aromatic rings. The van der Waals surface area contributed by atoms with E-state index in [0.717, 1.165) is 0 Å². The third-order valence-electron chi connectivity index (χ3n) is 0. The summed E-state index contributed by atoms with van der Waals surface area (Å²) in [6.45, 7) is 6.28. The van der Waals surface area contributed by atoms with Gasteiger partial charge in [-0.2, -0.15) is 0 Å². The van der Waals surface area contributed by atoms with Crippen LogP contribution in [0.2, 0.25) is 0 Å². The normalized spacial score (nSPS) is 5.54. The molecule has 0 saturated carbocycles. The molecule has 0 heterocycles. The molecule has 0 spiro atoms.